The molecule has 1 aliphatic rings. The number of halogens is 3. The van der Waals surface area contributed by atoms with Gasteiger partial charge in [0.2, 0.25) is 0 Å². The number of thiophene rings is 1. The molecule has 0 spiro atoms. The SMILES string of the molecule is Fc1ccc(CC(Br)c2cc3c(s2)CCCCC3)c(F)c1. The fraction of sp³-hybridized carbons (Fsp3) is 0.412. The first kappa shape index (κ1) is 15.2. The molecule has 0 amide bonds. The molecule has 3 rings (SSSR count). The topological polar surface area (TPSA) is 0 Å². The van der Waals surface area contributed by atoms with E-state index in [0.29, 0.717) is 12.0 Å². The Bertz CT molecular complexity index is 612. The number of fused-ring (bicyclic) bond motifs is 1. The second kappa shape index (κ2) is 6.57. The van der Waals surface area contributed by atoms with Crippen LogP contribution < -0.4 is 0 Å². The Hall–Kier alpha value is -0.740. The Morgan fingerprint density at radius 3 is 2.71 bits per heavy atom. The average Bonchev–Trinajstić information content (AvgIpc) is 2.73. The smallest absolute Gasteiger partial charge is 0.129 e. The molecule has 1 heterocycles. The van der Waals surface area contributed by atoms with E-state index >= 15 is 0 Å². The van der Waals surface area contributed by atoms with Gasteiger partial charge in [-0.1, -0.05) is 28.4 Å². The van der Waals surface area contributed by atoms with Gasteiger partial charge in [0.25, 0.3) is 0 Å². The van der Waals surface area contributed by atoms with Crippen LogP contribution in [0.25, 0.3) is 0 Å². The first-order valence-corrected chi connectivity index (χ1v) is 9.06. The molecule has 1 unspecified atom stereocenters. The highest BCUT2D eigenvalue weighted by Crippen LogP contribution is 2.37. The Balaban J connectivity index is 1.77. The number of aryl methyl sites for hydroxylation is 2. The fourth-order valence-electron chi connectivity index (χ4n) is 2.83. The van der Waals surface area contributed by atoms with Gasteiger partial charge in [0, 0.05) is 15.8 Å². The summed E-state index contributed by atoms with van der Waals surface area (Å²) in [6.45, 7) is 0. The highest BCUT2D eigenvalue weighted by atomic mass is 79.9. The lowest BCUT2D eigenvalue weighted by atomic mass is 10.1. The molecule has 0 nitrogen and oxygen atoms in total. The van der Waals surface area contributed by atoms with E-state index in [0.717, 1.165) is 12.5 Å². The lowest BCUT2D eigenvalue weighted by molar-refractivity contribution is 0.571. The summed E-state index contributed by atoms with van der Waals surface area (Å²) in [5.41, 5.74) is 2.03. The number of hydrogen-bond acceptors (Lipinski definition) is 1. The van der Waals surface area contributed by atoms with Gasteiger partial charge < -0.3 is 0 Å². The van der Waals surface area contributed by atoms with E-state index < -0.39 is 11.6 Å². The summed E-state index contributed by atoms with van der Waals surface area (Å²) >= 11 is 5.51. The van der Waals surface area contributed by atoms with Gasteiger partial charge in [-0.25, -0.2) is 8.78 Å². The van der Waals surface area contributed by atoms with Crippen molar-refractivity contribution in [2.24, 2.45) is 0 Å². The summed E-state index contributed by atoms with van der Waals surface area (Å²) in [6.07, 6.45) is 6.73. The molecule has 2 aromatic rings. The quantitative estimate of drug-likeness (QED) is 0.460. The second-order valence-electron chi connectivity index (χ2n) is 5.57. The molecule has 0 fully saturated rings. The van der Waals surface area contributed by atoms with Crippen molar-refractivity contribution >= 4 is 27.3 Å². The van der Waals surface area contributed by atoms with Gasteiger partial charge in [-0.2, -0.15) is 0 Å². The number of alkyl halides is 1. The molecule has 1 aliphatic carbocycles. The maximum Gasteiger partial charge on any atom is 0.129 e. The van der Waals surface area contributed by atoms with Crippen LogP contribution in [0, 0.1) is 11.6 Å². The maximum absolute atomic E-state index is 13.7. The van der Waals surface area contributed by atoms with Crippen molar-refractivity contribution < 1.29 is 8.78 Å². The highest BCUT2D eigenvalue weighted by Gasteiger charge is 2.18. The monoisotopic (exact) mass is 370 g/mol. The van der Waals surface area contributed by atoms with Gasteiger partial charge in [-0.05, 0) is 55.4 Å². The van der Waals surface area contributed by atoms with Gasteiger partial charge in [-0.15, -0.1) is 11.3 Å². The number of benzene rings is 1. The zero-order valence-corrected chi connectivity index (χ0v) is 14.1. The Morgan fingerprint density at radius 1 is 1.10 bits per heavy atom. The van der Waals surface area contributed by atoms with E-state index in [1.807, 2.05) is 11.3 Å². The molecule has 21 heavy (non-hydrogen) atoms. The minimum absolute atomic E-state index is 0.0920. The standard InChI is InChI=1S/C17H17BrF2S/c18-14(8-11-6-7-13(19)10-15(11)20)17-9-12-4-2-1-3-5-16(12)21-17/h6-7,9-10,14H,1-5,8H2. The average molecular weight is 371 g/mol. The molecule has 0 saturated heterocycles. The third kappa shape index (κ3) is 3.54. The van der Waals surface area contributed by atoms with Crippen LogP contribution in [-0.4, -0.2) is 0 Å². The predicted octanol–water partition coefficient (Wildman–Crippen LogP) is 5.97. The van der Waals surface area contributed by atoms with E-state index in [1.165, 1.54) is 53.1 Å². The van der Waals surface area contributed by atoms with Crippen molar-refractivity contribution in [3.63, 3.8) is 0 Å². The normalized spacial score (nSPS) is 16.3. The summed E-state index contributed by atoms with van der Waals surface area (Å²) < 4.78 is 26.7. The highest BCUT2D eigenvalue weighted by molar-refractivity contribution is 9.09. The van der Waals surface area contributed by atoms with E-state index in [1.54, 1.807) is 0 Å². The lowest BCUT2D eigenvalue weighted by Gasteiger charge is -2.09. The van der Waals surface area contributed by atoms with Crippen molar-refractivity contribution in [3.05, 3.63) is 56.8 Å². The largest absolute Gasteiger partial charge is 0.207 e. The zero-order chi connectivity index (χ0) is 14.8. The molecular formula is C17H17BrF2S. The molecule has 1 atom stereocenters. The fourth-order valence-corrected chi connectivity index (χ4v) is 4.82. The summed E-state index contributed by atoms with van der Waals surface area (Å²) in [5.74, 6) is -0.984. The Kier molecular flexibility index (Phi) is 4.75. The van der Waals surface area contributed by atoms with E-state index in [-0.39, 0.29) is 4.83 Å². The lowest BCUT2D eigenvalue weighted by Crippen LogP contribution is -1.97. The van der Waals surface area contributed by atoms with E-state index in [4.69, 9.17) is 0 Å². The van der Waals surface area contributed by atoms with Gasteiger partial charge in [0.1, 0.15) is 11.6 Å². The van der Waals surface area contributed by atoms with Crippen molar-refractivity contribution in [3.8, 4) is 0 Å². The minimum atomic E-state index is -0.523. The van der Waals surface area contributed by atoms with Gasteiger partial charge >= 0.3 is 0 Å². The second-order valence-corrected chi connectivity index (χ2v) is 7.84. The molecule has 112 valence electrons. The summed E-state index contributed by atoms with van der Waals surface area (Å²) in [5, 5.41) is 0. The first-order valence-electron chi connectivity index (χ1n) is 7.33. The first-order chi connectivity index (χ1) is 10.1. The van der Waals surface area contributed by atoms with Crippen LogP contribution in [0.5, 0.6) is 0 Å². The van der Waals surface area contributed by atoms with Crippen molar-refractivity contribution in [2.45, 2.75) is 43.4 Å². The molecule has 4 heteroatoms. The van der Waals surface area contributed by atoms with E-state index in [2.05, 4.69) is 22.0 Å². The third-order valence-corrected chi connectivity index (χ3v) is 6.46. The molecule has 0 bridgehead atoms. The molecule has 0 N–H and O–H groups in total. The van der Waals surface area contributed by atoms with Crippen LogP contribution in [0.15, 0.2) is 24.3 Å². The van der Waals surface area contributed by atoms with Crippen LogP contribution in [0.4, 0.5) is 8.78 Å². The molecule has 0 radical (unpaired) electrons. The van der Waals surface area contributed by atoms with Crippen LogP contribution in [0.2, 0.25) is 0 Å². The van der Waals surface area contributed by atoms with E-state index in [9.17, 15) is 8.78 Å². The van der Waals surface area contributed by atoms with Crippen LogP contribution in [-0.2, 0) is 19.3 Å². The zero-order valence-electron chi connectivity index (χ0n) is 11.7. The molecule has 0 aliphatic heterocycles. The van der Waals surface area contributed by atoms with Gasteiger partial charge in [0.05, 0.1) is 4.83 Å². The molecule has 1 aromatic heterocycles. The van der Waals surface area contributed by atoms with Crippen LogP contribution in [0.1, 0.15) is 45.0 Å². The summed E-state index contributed by atoms with van der Waals surface area (Å²) in [6, 6.07) is 6.09. The third-order valence-electron chi connectivity index (χ3n) is 3.99. The van der Waals surface area contributed by atoms with Crippen LogP contribution in [0.3, 0.4) is 0 Å². The Morgan fingerprint density at radius 2 is 1.90 bits per heavy atom. The maximum atomic E-state index is 13.7. The van der Waals surface area contributed by atoms with Gasteiger partial charge in [-0.3, -0.25) is 0 Å². The van der Waals surface area contributed by atoms with Crippen LogP contribution >= 0.6 is 27.3 Å². The van der Waals surface area contributed by atoms with Gasteiger partial charge in [0.15, 0.2) is 0 Å². The van der Waals surface area contributed by atoms with Crippen molar-refractivity contribution in [1.29, 1.82) is 0 Å². The summed E-state index contributed by atoms with van der Waals surface area (Å²) in [4.78, 5) is 2.84. The van der Waals surface area contributed by atoms with Crippen molar-refractivity contribution in [1.82, 2.24) is 0 Å². The number of rotatable bonds is 3. The Labute approximate surface area is 136 Å². The summed E-state index contributed by atoms with van der Waals surface area (Å²) in [7, 11) is 0. The minimum Gasteiger partial charge on any atom is -0.207 e. The molecular weight excluding hydrogens is 354 g/mol. The molecule has 0 saturated carbocycles. The number of hydrogen-bond donors (Lipinski definition) is 0. The van der Waals surface area contributed by atoms with Crippen molar-refractivity contribution in [2.75, 3.05) is 0 Å². The molecule has 1 aromatic carbocycles. The predicted molar refractivity (Wildman–Crippen MR) is 87.3 cm³/mol.